The van der Waals surface area contributed by atoms with Crippen molar-refractivity contribution in [3.63, 3.8) is 0 Å². The van der Waals surface area contributed by atoms with Gasteiger partial charge in [-0.3, -0.25) is 4.79 Å². The van der Waals surface area contributed by atoms with Crippen molar-refractivity contribution in [2.24, 2.45) is 0 Å². The van der Waals surface area contributed by atoms with Crippen molar-refractivity contribution >= 4 is 29.1 Å². The van der Waals surface area contributed by atoms with E-state index in [1.165, 1.54) is 12.1 Å². The maximum absolute atomic E-state index is 13.5. The summed E-state index contributed by atoms with van der Waals surface area (Å²) in [5.74, 6) is 0.903. The van der Waals surface area contributed by atoms with Crippen LogP contribution in [-0.2, 0) is 16.8 Å². The summed E-state index contributed by atoms with van der Waals surface area (Å²) in [4.78, 5) is 16.8. The third-order valence-corrected chi connectivity index (χ3v) is 5.99. The first-order chi connectivity index (χ1) is 15.6. The molecule has 0 saturated heterocycles. The minimum absolute atomic E-state index is 0.00575. The molecule has 2 aromatic carbocycles. The summed E-state index contributed by atoms with van der Waals surface area (Å²) >= 11 is 11.5. The molecular weight excluding hydrogens is 472 g/mol. The summed E-state index contributed by atoms with van der Waals surface area (Å²) in [6.45, 7) is 3.87. The Bertz CT molecular complexity index is 1150. The zero-order valence-electron chi connectivity index (χ0n) is 18.0. The number of rotatable bonds is 8. The van der Waals surface area contributed by atoms with Gasteiger partial charge in [-0.1, -0.05) is 35.3 Å². The van der Waals surface area contributed by atoms with Crippen molar-refractivity contribution in [2.75, 3.05) is 6.61 Å². The maximum atomic E-state index is 13.5. The molecule has 0 aliphatic heterocycles. The number of ether oxygens (including phenoxy) is 2. The fourth-order valence-electron chi connectivity index (χ4n) is 4.23. The van der Waals surface area contributed by atoms with Crippen LogP contribution in [0.25, 0.3) is 0 Å². The quantitative estimate of drug-likeness (QED) is 0.469. The molecular formula is C23H22Cl2FN3O4. The van der Waals surface area contributed by atoms with Crippen LogP contribution in [0, 0.1) is 5.82 Å². The van der Waals surface area contributed by atoms with Crippen LogP contribution in [-0.4, -0.2) is 28.2 Å². The maximum Gasteiger partial charge on any atom is 0.258 e. The Kier molecular flexibility index (Phi) is 6.50. The molecule has 0 bridgehead atoms. The second-order valence-corrected chi connectivity index (χ2v) is 9.49. The summed E-state index contributed by atoms with van der Waals surface area (Å²) in [6.07, 6.45) is 1.22. The molecule has 1 fully saturated rings. The van der Waals surface area contributed by atoms with Crippen molar-refractivity contribution in [2.45, 2.75) is 44.2 Å². The van der Waals surface area contributed by atoms with Crippen LogP contribution < -0.4 is 14.8 Å². The van der Waals surface area contributed by atoms with Crippen molar-refractivity contribution in [3.05, 3.63) is 70.0 Å². The Morgan fingerprint density at radius 1 is 1.12 bits per heavy atom. The molecule has 1 aromatic heterocycles. The molecule has 0 spiro atoms. The Balaban J connectivity index is 1.27. The molecule has 174 valence electrons. The van der Waals surface area contributed by atoms with Gasteiger partial charge >= 0.3 is 0 Å². The largest absolute Gasteiger partial charge is 0.485 e. The van der Waals surface area contributed by atoms with E-state index in [2.05, 4.69) is 15.5 Å². The van der Waals surface area contributed by atoms with Gasteiger partial charge in [0.15, 0.2) is 13.2 Å². The SMILES string of the molecule is CC1(NC(=O)COc2ccc(Cl)c(F)c2)CC(C)(c2nc(COc3ccc(Cl)cc3)no2)C1. The zero-order chi connectivity index (χ0) is 23.6. The fourth-order valence-corrected chi connectivity index (χ4v) is 4.48. The standard InChI is InChI=1S/C23H22Cl2FN3O4/c1-22(21-27-19(29-33-21)10-31-15-5-3-14(24)4-6-15)12-23(2,13-22)28-20(30)11-32-16-7-8-17(25)18(26)9-16/h3-9H,10-13H2,1-2H3,(H,28,30). The Morgan fingerprint density at radius 2 is 1.82 bits per heavy atom. The third kappa shape index (κ3) is 5.57. The predicted molar refractivity (Wildman–Crippen MR) is 120 cm³/mol. The molecule has 3 aromatic rings. The minimum atomic E-state index is -0.603. The molecule has 1 N–H and O–H groups in total. The topological polar surface area (TPSA) is 86.5 Å². The molecule has 4 rings (SSSR count). The van der Waals surface area contributed by atoms with E-state index < -0.39 is 11.4 Å². The summed E-state index contributed by atoms with van der Waals surface area (Å²) in [6, 6.07) is 11.0. The Hall–Kier alpha value is -2.84. The molecule has 0 unspecified atom stereocenters. The van der Waals surface area contributed by atoms with Crippen molar-refractivity contribution in [1.82, 2.24) is 15.5 Å². The number of carbonyl (C=O) groups excluding carboxylic acids is 1. The smallest absolute Gasteiger partial charge is 0.258 e. The lowest BCUT2D eigenvalue weighted by molar-refractivity contribution is -0.127. The number of benzene rings is 2. The average molecular weight is 494 g/mol. The van der Waals surface area contributed by atoms with Gasteiger partial charge < -0.3 is 19.3 Å². The lowest BCUT2D eigenvalue weighted by Crippen LogP contribution is -2.61. The monoisotopic (exact) mass is 493 g/mol. The van der Waals surface area contributed by atoms with Crippen LogP contribution >= 0.6 is 23.2 Å². The highest BCUT2D eigenvalue weighted by atomic mass is 35.5. The minimum Gasteiger partial charge on any atom is -0.485 e. The van der Waals surface area contributed by atoms with Gasteiger partial charge in [0.2, 0.25) is 11.7 Å². The van der Waals surface area contributed by atoms with Gasteiger partial charge in [-0.25, -0.2) is 4.39 Å². The van der Waals surface area contributed by atoms with E-state index in [9.17, 15) is 9.18 Å². The van der Waals surface area contributed by atoms with Gasteiger partial charge in [-0.05, 0) is 56.2 Å². The number of halogens is 3. The van der Waals surface area contributed by atoms with Gasteiger partial charge in [-0.2, -0.15) is 4.98 Å². The zero-order valence-corrected chi connectivity index (χ0v) is 19.5. The van der Waals surface area contributed by atoms with Crippen molar-refractivity contribution < 1.29 is 23.2 Å². The predicted octanol–water partition coefficient (Wildman–Crippen LogP) is 5.10. The van der Waals surface area contributed by atoms with E-state index >= 15 is 0 Å². The van der Waals surface area contributed by atoms with Crippen LogP contribution in [0.2, 0.25) is 10.0 Å². The lowest BCUT2D eigenvalue weighted by atomic mass is 9.59. The van der Waals surface area contributed by atoms with Gasteiger partial charge in [0.1, 0.15) is 17.3 Å². The molecule has 0 atom stereocenters. The van der Waals surface area contributed by atoms with E-state index in [0.29, 0.717) is 35.3 Å². The number of aromatic nitrogens is 2. The lowest BCUT2D eigenvalue weighted by Gasteiger charge is -2.51. The number of hydrogen-bond acceptors (Lipinski definition) is 6. The summed E-state index contributed by atoms with van der Waals surface area (Å²) in [5.41, 5.74) is -0.817. The summed E-state index contributed by atoms with van der Waals surface area (Å²) < 4.78 is 30.0. The number of hydrogen-bond donors (Lipinski definition) is 1. The highest BCUT2D eigenvalue weighted by Gasteiger charge is 2.53. The third-order valence-electron chi connectivity index (χ3n) is 5.43. The second kappa shape index (κ2) is 9.19. The molecule has 10 heteroatoms. The van der Waals surface area contributed by atoms with E-state index in [-0.39, 0.29) is 35.3 Å². The number of nitrogens with zero attached hydrogens (tertiary/aromatic N) is 2. The first-order valence-electron chi connectivity index (χ1n) is 10.2. The van der Waals surface area contributed by atoms with Crippen LogP contribution in [0.15, 0.2) is 47.0 Å². The number of carbonyl (C=O) groups is 1. The van der Waals surface area contributed by atoms with Gasteiger partial charge in [-0.15, -0.1) is 0 Å². The fraction of sp³-hybridized carbons (Fsp3) is 0.348. The van der Waals surface area contributed by atoms with Gasteiger partial charge in [0, 0.05) is 16.6 Å². The Morgan fingerprint density at radius 3 is 2.52 bits per heavy atom. The molecule has 1 aliphatic rings. The van der Waals surface area contributed by atoms with Gasteiger partial charge in [0.05, 0.1) is 10.4 Å². The summed E-state index contributed by atoms with van der Waals surface area (Å²) in [7, 11) is 0. The number of nitrogens with one attached hydrogen (secondary N) is 1. The number of amides is 1. The van der Waals surface area contributed by atoms with Crippen LogP contribution in [0.5, 0.6) is 11.5 Å². The molecule has 1 saturated carbocycles. The van der Waals surface area contributed by atoms with Gasteiger partial charge in [0.25, 0.3) is 5.91 Å². The molecule has 1 amide bonds. The highest BCUT2D eigenvalue weighted by molar-refractivity contribution is 6.30. The highest BCUT2D eigenvalue weighted by Crippen LogP contribution is 2.49. The Labute approximate surface area is 200 Å². The van der Waals surface area contributed by atoms with E-state index in [1.54, 1.807) is 24.3 Å². The molecule has 0 radical (unpaired) electrons. The first kappa shape index (κ1) is 23.3. The van der Waals surface area contributed by atoms with Crippen LogP contribution in [0.1, 0.15) is 38.4 Å². The molecule has 1 aliphatic carbocycles. The summed E-state index contributed by atoms with van der Waals surface area (Å²) in [5, 5.41) is 7.58. The average Bonchev–Trinajstić information content (AvgIpc) is 3.23. The van der Waals surface area contributed by atoms with E-state index in [1.807, 2.05) is 13.8 Å². The van der Waals surface area contributed by atoms with Crippen LogP contribution in [0.3, 0.4) is 0 Å². The van der Waals surface area contributed by atoms with E-state index in [4.69, 9.17) is 37.2 Å². The normalized spacial score (nSPS) is 21.8. The first-order valence-corrected chi connectivity index (χ1v) is 11.0. The second-order valence-electron chi connectivity index (χ2n) is 8.65. The molecule has 7 nitrogen and oxygen atoms in total. The molecule has 1 heterocycles. The van der Waals surface area contributed by atoms with Crippen molar-refractivity contribution in [1.29, 1.82) is 0 Å². The molecule has 33 heavy (non-hydrogen) atoms. The van der Waals surface area contributed by atoms with Crippen molar-refractivity contribution in [3.8, 4) is 11.5 Å². The van der Waals surface area contributed by atoms with E-state index in [0.717, 1.165) is 6.07 Å². The van der Waals surface area contributed by atoms with Crippen LogP contribution in [0.4, 0.5) is 4.39 Å².